The third kappa shape index (κ3) is 4.94. The van der Waals surface area contributed by atoms with Gasteiger partial charge in [0, 0.05) is 24.0 Å². The molecule has 1 aromatic heterocycles. The predicted molar refractivity (Wildman–Crippen MR) is 121 cm³/mol. The minimum Gasteiger partial charge on any atom is -0.326 e. The van der Waals surface area contributed by atoms with Crippen LogP contribution in [0.3, 0.4) is 0 Å². The fourth-order valence-electron chi connectivity index (χ4n) is 3.33. The van der Waals surface area contributed by atoms with E-state index >= 15 is 0 Å². The quantitative estimate of drug-likeness (QED) is 0.596. The second-order valence-electron chi connectivity index (χ2n) is 7.31. The molecule has 0 saturated carbocycles. The van der Waals surface area contributed by atoms with Gasteiger partial charge >= 0.3 is 0 Å². The highest BCUT2D eigenvalue weighted by Gasteiger charge is 2.26. The average Bonchev–Trinajstić information content (AvgIpc) is 2.72. The Kier molecular flexibility index (Phi) is 6.59. The van der Waals surface area contributed by atoms with E-state index in [2.05, 4.69) is 10.6 Å². The summed E-state index contributed by atoms with van der Waals surface area (Å²) in [5.41, 5.74) is 1.09. The Morgan fingerprint density at radius 2 is 1.47 bits per heavy atom. The molecule has 0 aliphatic rings. The first-order chi connectivity index (χ1) is 15.1. The Morgan fingerprint density at radius 3 is 2.03 bits per heavy atom. The second-order valence-corrected chi connectivity index (χ2v) is 9.20. The normalized spacial score (nSPS) is 11.1. The Balaban J connectivity index is 1.89. The fraction of sp³-hybridized carbons (Fsp3) is 0.174. The van der Waals surface area contributed by atoms with E-state index in [4.69, 9.17) is 0 Å². The summed E-state index contributed by atoms with van der Waals surface area (Å²) in [6, 6.07) is 15.8. The van der Waals surface area contributed by atoms with Gasteiger partial charge in [-0.25, -0.2) is 8.42 Å². The van der Waals surface area contributed by atoms with E-state index in [-0.39, 0.29) is 22.2 Å². The van der Waals surface area contributed by atoms with Gasteiger partial charge in [-0.05, 0) is 61.9 Å². The number of hydrogen-bond acceptors (Lipinski definition) is 5. The number of aryl methyl sites for hydroxylation is 2. The predicted octanol–water partition coefficient (Wildman–Crippen LogP) is 2.90. The maximum absolute atomic E-state index is 13.1. The lowest BCUT2D eigenvalue weighted by molar-refractivity contribution is -0.117. The molecule has 166 valence electrons. The van der Waals surface area contributed by atoms with Crippen molar-refractivity contribution in [2.24, 2.45) is 0 Å². The van der Waals surface area contributed by atoms with Crippen molar-refractivity contribution in [2.45, 2.75) is 37.1 Å². The molecule has 9 heteroatoms. The van der Waals surface area contributed by atoms with E-state index in [1.54, 1.807) is 62.4 Å². The van der Waals surface area contributed by atoms with Crippen molar-refractivity contribution in [3.8, 4) is 0 Å². The number of hydrogen-bond donors (Lipinski definition) is 2. The maximum atomic E-state index is 13.1. The Bertz CT molecular complexity index is 1330. The topological polar surface area (TPSA) is 114 Å². The van der Waals surface area contributed by atoms with Crippen LogP contribution in [0.2, 0.25) is 0 Å². The summed E-state index contributed by atoms with van der Waals surface area (Å²) in [5.74, 6) is -0.702. The highest BCUT2D eigenvalue weighted by Crippen LogP contribution is 2.21. The second kappa shape index (κ2) is 9.19. The third-order valence-electron chi connectivity index (χ3n) is 4.76. The van der Waals surface area contributed by atoms with Gasteiger partial charge in [-0.2, -0.15) is 0 Å². The summed E-state index contributed by atoms with van der Waals surface area (Å²) in [6.07, 6.45) is 0. The number of rotatable bonds is 6. The van der Waals surface area contributed by atoms with Crippen molar-refractivity contribution in [3.05, 3.63) is 82.3 Å². The van der Waals surface area contributed by atoms with Gasteiger partial charge in [0.05, 0.1) is 4.90 Å². The van der Waals surface area contributed by atoms with E-state index in [9.17, 15) is 22.8 Å². The summed E-state index contributed by atoms with van der Waals surface area (Å²) in [6.45, 7) is 4.24. The molecule has 0 atom stereocenters. The van der Waals surface area contributed by atoms with Crippen LogP contribution in [-0.4, -0.2) is 24.8 Å². The van der Waals surface area contributed by atoms with Gasteiger partial charge in [-0.1, -0.05) is 18.2 Å². The van der Waals surface area contributed by atoms with Gasteiger partial charge in [0.1, 0.15) is 11.4 Å². The van der Waals surface area contributed by atoms with Gasteiger partial charge < -0.3 is 15.2 Å². The zero-order valence-electron chi connectivity index (χ0n) is 17.9. The van der Waals surface area contributed by atoms with E-state index < -0.39 is 21.3 Å². The lowest BCUT2D eigenvalue weighted by atomic mass is 10.2. The van der Waals surface area contributed by atoms with Crippen LogP contribution in [0.25, 0.3) is 0 Å². The standard InChI is InChI=1S/C23H23N3O5S/c1-15-13-16(2)26(23(29)22(15)32(30,31)20-7-5-4-6-8-20)14-21(28)25-19-11-9-18(10-12-19)24-17(3)27/h4-13H,14H2,1-3H3,(H,24,27)(H,25,28). The van der Waals surface area contributed by atoms with Crippen LogP contribution in [0.1, 0.15) is 18.2 Å². The minimum absolute atomic E-state index is 0.0133. The van der Waals surface area contributed by atoms with Crippen molar-refractivity contribution >= 4 is 33.0 Å². The zero-order valence-corrected chi connectivity index (χ0v) is 18.7. The smallest absolute Gasteiger partial charge is 0.270 e. The number of carbonyl (C=O) groups excluding carboxylic acids is 2. The number of aromatic nitrogens is 1. The minimum atomic E-state index is -4.05. The van der Waals surface area contributed by atoms with E-state index in [0.717, 1.165) is 4.57 Å². The lowest BCUT2D eigenvalue weighted by Gasteiger charge is -2.15. The molecule has 3 aromatic rings. The van der Waals surface area contributed by atoms with Gasteiger partial charge in [-0.15, -0.1) is 0 Å². The molecular weight excluding hydrogens is 430 g/mol. The molecule has 0 fully saturated rings. The molecule has 0 unspecified atom stereocenters. The summed E-state index contributed by atoms with van der Waals surface area (Å²) >= 11 is 0. The van der Waals surface area contributed by atoms with Crippen molar-refractivity contribution < 1.29 is 18.0 Å². The Labute approximate surface area is 185 Å². The number of amides is 2. The molecule has 8 nitrogen and oxygen atoms in total. The van der Waals surface area contributed by atoms with Crippen LogP contribution < -0.4 is 16.2 Å². The van der Waals surface area contributed by atoms with Crippen molar-refractivity contribution in [2.75, 3.05) is 10.6 Å². The summed E-state index contributed by atoms with van der Waals surface area (Å²) in [5, 5.41) is 5.29. The summed E-state index contributed by atoms with van der Waals surface area (Å²) < 4.78 is 27.3. The molecule has 1 heterocycles. The summed E-state index contributed by atoms with van der Waals surface area (Å²) in [4.78, 5) is 36.5. The summed E-state index contributed by atoms with van der Waals surface area (Å²) in [7, 11) is -4.05. The zero-order chi connectivity index (χ0) is 23.5. The van der Waals surface area contributed by atoms with Gasteiger partial charge in [0.15, 0.2) is 0 Å². The van der Waals surface area contributed by atoms with Crippen LogP contribution in [0.15, 0.2) is 75.2 Å². The SMILES string of the molecule is CC(=O)Nc1ccc(NC(=O)Cn2c(C)cc(C)c(S(=O)(=O)c3ccccc3)c2=O)cc1. The number of carbonyl (C=O) groups is 2. The van der Waals surface area contributed by atoms with Gasteiger partial charge in [0.25, 0.3) is 5.56 Å². The molecule has 2 aromatic carbocycles. The van der Waals surface area contributed by atoms with Crippen LogP contribution in [0.4, 0.5) is 11.4 Å². The van der Waals surface area contributed by atoms with Crippen molar-refractivity contribution in [1.82, 2.24) is 4.57 Å². The molecule has 0 saturated heterocycles. The number of nitrogens with zero attached hydrogens (tertiary/aromatic N) is 1. The average molecular weight is 454 g/mol. The molecule has 2 N–H and O–H groups in total. The van der Waals surface area contributed by atoms with Crippen LogP contribution in [-0.2, 0) is 26.0 Å². The first-order valence-electron chi connectivity index (χ1n) is 9.78. The first-order valence-corrected chi connectivity index (χ1v) is 11.3. The van der Waals surface area contributed by atoms with Crippen molar-refractivity contribution in [3.63, 3.8) is 0 Å². The van der Waals surface area contributed by atoms with Gasteiger partial charge in [0.2, 0.25) is 21.7 Å². The van der Waals surface area contributed by atoms with Crippen molar-refractivity contribution in [1.29, 1.82) is 0 Å². The van der Waals surface area contributed by atoms with Crippen LogP contribution in [0, 0.1) is 13.8 Å². The molecule has 2 amide bonds. The molecule has 0 aliphatic carbocycles. The fourth-order valence-corrected chi connectivity index (χ4v) is 4.91. The Hall–Kier alpha value is -3.72. The highest BCUT2D eigenvalue weighted by molar-refractivity contribution is 7.91. The highest BCUT2D eigenvalue weighted by atomic mass is 32.2. The number of benzene rings is 2. The molecule has 0 spiro atoms. The third-order valence-corrected chi connectivity index (χ3v) is 6.69. The molecular formula is C23H23N3O5S. The van der Waals surface area contributed by atoms with Gasteiger partial charge in [-0.3, -0.25) is 14.4 Å². The Morgan fingerprint density at radius 1 is 0.906 bits per heavy atom. The lowest BCUT2D eigenvalue weighted by Crippen LogP contribution is -2.33. The number of sulfone groups is 1. The molecule has 0 radical (unpaired) electrons. The maximum Gasteiger partial charge on any atom is 0.270 e. The number of pyridine rings is 1. The largest absolute Gasteiger partial charge is 0.326 e. The van der Waals surface area contributed by atoms with Crippen LogP contribution >= 0.6 is 0 Å². The number of anilines is 2. The molecule has 32 heavy (non-hydrogen) atoms. The molecule has 0 aliphatic heterocycles. The molecule has 3 rings (SSSR count). The van der Waals surface area contributed by atoms with E-state index in [1.807, 2.05) is 0 Å². The number of nitrogens with one attached hydrogen (secondary N) is 2. The first kappa shape index (κ1) is 23.0. The monoisotopic (exact) mass is 453 g/mol. The van der Waals surface area contributed by atoms with E-state index in [0.29, 0.717) is 22.6 Å². The molecule has 0 bridgehead atoms. The van der Waals surface area contributed by atoms with Crippen LogP contribution in [0.5, 0.6) is 0 Å². The van der Waals surface area contributed by atoms with E-state index in [1.165, 1.54) is 19.1 Å².